The molecule has 13 heteroatoms. The second-order valence-corrected chi connectivity index (χ2v) is 7.83. The number of alkyl halides is 7. The van der Waals surface area contributed by atoms with Crippen molar-refractivity contribution < 1.29 is 40.3 Å². The molecule has 0 spiro atoms. The van der Waals surface area contributed by atoms with Gasteiger partial charge in [0.1, 0.15) is 6.04 Å². The summed E-state index contributed by atoms with van der Waals surface area (Å²) in [5, 5.41) is 2.04. The predicted molar refractivity (Wildman–Crippen MR) is 104 cm³/mol. The van der Waals surface area contributed by atoms with Crippen LogP contribution in [0.2, 0.25) is 0 Å². The molecule has 0 aliphatic carbocycles. The Hall–Kier alpha value is -2.96. The lowest BCUT2D eigenvalue weighted by atomic mass is 10.1. The Morgan fingerprint density at radius 1 is 0.938 bits per heavy atom. The van der Waals surface area contributed by atoms with E-state index in [-0.39, 0.29) is 0 Å². The molecule has 0 fully saturated rings. The molecule has 0 saturated heterocycles. The summed E-state index contributed by atoms with van der Waals surface area (Å²) in [5.74, 6) is -7.70. The van der Waals surface area contributed by atoms with Crippen molar-refractivity contribution in [2.75, 3.05) is 16.0 Å². The van der Waals surface area contributed by atoms with Crippen LogP contribution in [-0.2, 0) is 9.59 Å². The van der Waals surface area contributed by atoms with Crippen molar-refractivity contribution in [3.63, 3.8) is 0 Å². The summed E-state index contributed by atoms with van der Waals surface area (Å²) in [6, 6.07) is 9.93. The number of nitrogens with one attached hydrogen (secondary N) is 3. The first-order valence-corrected chi connectivity index (χ1v) is 9.70. The number of hydrogen-bond donors (Lipinski definition) is 3. The minimum absolute atomic E-state index is 0.406. The van der Waals surface area contributed by atoms with Crippen LogP contribution in [0.4, 0.5) is 47.8 Å². The smallest absolute Gasteiger partial charge is 0.372 e. The molecule has 3 N–H and O–H groups in total. The average molecular weight is 481 g/mol. The van der Waals surface area contributed by atoms with Gasteiger partial charge in [0.25, 0.3) is 0 Å². The highest BCUT2D eigenvalue weighted by Gasteiger charge is 2.73. The van der Waals surface area contributed by atoms with Crippen molar-refractivity contribution in [1.82, 2.24) is 0 Å². The van der Waals surface area contributed by atoms with E-state index in [4.69, 9.17) is 0 Å². The minimum atomic E-state index is -6.47. The fraction of sp³-hybridized carbons (Fsp3) is 0.263. The fourth-order valence-electron chi connectivity index (χ4n) is 2.75. The molecule has 0 saturated carbocycles. The van der Waals surface area contributed by atoms with Crippen molar-refractivity contribution in [3.05, 3.63) is 48.5 Å². The van der Waals surface area contributed by atoms with Crippen molar-refractivity contribution >= 4 is 40.6 Å². The number of carbonyl (C=O) groups is 2. The zero-order valence-corrected chi connectivity index (χ0v) is 16.6. The molecule has 2 aromatic rings. The molecular weight excluding hydrogens is 467 g/mol. The first-order valence-electron chi connectivity index (χ1n) is 8.88. The molecule has 0 radical (unpaired) electrons. The Labute approximate surface area is 180 Å². The van der Waals surface area contributed by atoms with Crippen LogP contribution in [0, 0.1) is 0 Å². The third-order valence-electron chi connectivity index (χ3n) is 4.34. The van der Waals surface area contributed by atoms with Gasteiger partial charge in [-0.1, -0.05) is 24.3 Å². The van der Waals surface area contributed by atoms with Gasteiger partial charge in [0.2, 0.25) is 11.8 Å². The highest BCUT2D eigenvalue weighted by molar-refractivity contribution is 8.00. The molecule has 1 aliphatic rings. The molecule has 2 aromatic carbocycles. The Morgan fingerprint density at radius 2 is 1.53 bits per heavy atom. The summed E-state index contributed by atoms with van der Waals surface area (Å²) in [6.45, 7) is 0. The van der Waals surface area contributed by atoms with Gasteiger partial charge in [-0.3, -0.25) is 9.59 Å². The topological polar surface area (TPSA) is 70.2 Å². The molecule has 0 bridgehead atoms. The third kappa shape index (κ3) is 4.76. The maximum atomic E-state index is 13.8. The maximum Gasteiger partial charge on any atom is 0.460 e. The Morgan fingerprint density at radius 3 is 2.19 bits per heavy atom. The van der Waals surface area contributed by atoms with Crippen LogP contribution in [0.25, 0.3) is 0 Å². The van der Waals surface area contributed by atoms with E-state index >= 15 is 0 Å². The molecule has 0 unspecified atom stereocenters. The van der Waals surface area contributed by atoms with E-state index in [0.29, 0.717) is 11.4 Å². The maximum absolute atomic E-state index is 13.8. The number of para-hydroxylation sites is 3. The van der Waals surface area contributed by atoms with E-state index in [9.17, 15) is 40.3 Å². The van der Waals surface area contributed by atoms with Gasteiger partial charge in [-0.15, -0.1) is 0 Å². The molecular formula is C19H14F7N3O2S. The van der Waals surface area contributed by atoms with E-state index in [1.165, 1.54) is 6.07 Å². The lowest BCUT2D eigenvalue weighted by Crippen LogP contribution is -2.50. The van der Waals surface area contributed by atoms with Gasteiger partial charge in [0, 0.05) is 4.90 Å². The molecule has 2 amide bonds. The van der Waals surface area contributed by atoms with Crippen LogP contribution in [0.3, 0.4) is 0 Å². The number of benzene rings is 2. The summed E-state index contributed by atoms with van der Waals surface area (Å²) in [6.07, 6.45) is -6.94. The normalized spacial score (nSPS) is 16.6. The van der Waals surface area contributed by atoms with E-state index in [2.05, 4.69) is 16.0 Å². The van der Waals surface area contributed by atoms with Crippen LogP contribution in [0.15, 0.2) is 53.4 Å². The van der Waals surface area contributed by atoms with E-state index in [1.807, 2.05) is 0 Å². The fourth-order valence-corrected chi connectivity index (χ4v) is 3.64. The lowest BCUT2D eigenvalue weighted by molar-refractivity contribution is -0.330. The van der Waals surface area contributed by atoms with Crippen molar-refractivity contribution in [2.45, 2.75) is 34.7 Å². The highest BCUT2D eigenvalue weighted by Crippen LogP contribution is 2.54. The molecule has 3 rings (SSSR count). The summed E-state index contributed by atoms with van der Waals surface area (Å²) in [4.78, 5) is 23.8. The lowest BCUT2D eigenvalue weighted by Gasteiger charge is -2.28. The van der Waals surface area contributed by atoms with E-state index in [0.717, 1.165) is 18.2 Å². The molecule has 5 nitrogen and oxygen atoms in total. The van der Waals surface area contributed by atoms with Crippen LogP contribution in [0.1, 0.15) is 6.42 Å². The summed E-state index contributed by atoms with van der Waals surface area (Å²) in [5.41, 5.74) is 0.621. The summed E-state index contributed by atoms with van der Waals surface area (Å²) < 4.78 is 91.2. The minimum Gasteiger partial charge on any atom is -0.372 e. The first kappa shape index (κ1) is 23.7. The molecule has 32 heavy (non-hydrogen) atoms. The van der Waals surface area contributed by atoms with Gasteiger partial charge in [0.05, 0.1) is 23.5 Å². The largest absolute Gasteiger partial charge is 0.460 e. The van der Waals surface area contributed by atoms with E-state index in [1.54, 1.807) is 24.3 Å². The quantitative estimate of drug-likeness (QED) is 0.385. The van der Waals surface area contributed by atoms with Gasteiger partial charge < -0.3 is 16.0 Å². The molecule has 1 atom stereocenters. The summed E-state index contributed by atoms with van der Waals surface area (Å²) >= 11 is -1.03. The third-order valence-corrected chi connectivity index (χ3v) is 5.43. The number of anilines is 3. The SMILES string of the molecule is O=C(C[C@@H]1Nc2ccccc2NC1=O)Nc1ccccc1SC(F)(F)C(F)(F)C(F)(F)F. The number of carbonyl (C=O) groups excluding carboxylic acids is 2. The Bertz CT molecular complexity index is 1030. The van der Waals surface area contributed by atoms with Crippen LogP contribution < -0.4 is 16.0 Å². The highest BCUT2D eigenvalue weighted by atomic mass is 32.2. The standard InChI is InChI=1S/C19H14F7N3O2S/c20-17(21,18(22,23)24)19(25,26)32-14-8-4-3-7-12(14)28-15(30)9-13-16(31)29-11-6-2-1-5-10(11)27-13/h1-8,13,27H,9H2,(H,28,30)(H,29,31)/t13-/m0/s1. The van der Waals surface area contributed by atoms with Gasteiger partial charge in [-0.2, -0.15) is 30.7 Å². The van der Waals surface area contributed by atoms with Gasteiger partial charge in [-0.05, 0) is 36.0 Å². The molecule has 1 aliphatic heterocycles. The van der Waals surface area contributed by atoms with Gasteiger partial charge in [-0.25, -0.2) is 0 Å². The van der Waals surface area contributed by atoms with Crippen LogP contribution >= 0.6 is 11.8 Å². The van der Waals surface area contributed by atoms with Crippen LogP contribution in [-0.4, -0.2) is 35.2 Å². The number of amides is 2. The number of hydrogen-bond acceptors (Lipinski definition) is 4. The second kappa shape index (κ2) is 8.52. The molecule has 1 heterocycles. The van der Waals surface area contributed by atoms with Crippen LogP contribution in [0.5, 0.6) is 0 Å². The summed E-state index contributed by atoms with van der Waals surface area (Å²) in [7, 11) is 0. The van der Waals surface area contributed by atoms with Crippen molar-refractivity contribution in [2.24, 2.45) is 0 Å². The predicted octanol–water partition coefficient (Wildman–Crippen LogP) is 5.33. The van der Waals surface area contributed by atoms with Gasteiger partial charge >= 0.3 is 17.4 Å². The number of thioether (sulfide) groups is 1. The second-order valence-electron chi connectivity index (χ2n) is 6.67. The number of fused-ring (bicyclic) bond motifs is 1. The zero-order chi connectivity index (χ0) is 23.7. The van der Waals surface area contributed by atoms with E-state index < -0.39 is 64.0 Å². The number of rotatable bonds is 6. The monoisotopic (exact) mass is 481 g/mol. The Balaban J connectivity index is 1.73. The number of halogens is 7. The molecule has 0 aromatic heterocycles. The average Bonchev–Trinajstić information content (AvgIpc) is 2.69. The van der Waals surface area contributed by atoms with Crippen molar-refractivity contribution in [1.29, 1.82) is 0 Å². The molecule has 172 valence electrons. The first-order chi connectivity index (χ1) is 14.8. The van der Waals surface area contributed by atoms with Gasteiger partial charge in [0.15, 0.2) is 0 Å². The van der Waals surface area contributed by atoms with Crippen molar-refractivity contribution in [3.8, 4) is 0 Å². The Kier molecular flexibility index (Phi) is 6.31. The zero-order valence-electron chi connectivity index (χ0n) is 15.8.